The van der Waals surface area contributed by atoms with Gasteiger partial charge >= 0.3 is 5.97 Å². The van der Waals surface area contributed by atoms with Crippen LogP contribution >= 0.6 is 0 Å². The molecule has 3 unspecified atom stereocenters. The van der Waals surface area contributed by atoms with E-state index in [2.05, 4.69) is 17.3 Å². The molecule has 1 N–H and O–H groups in total. The maximum absolute atomic E-state index is 13.2. The van der Waals surface area contributed by atoms with Gasteiger partial charge < -0.3 is 15.0 Å². The minimum atomic E-state index is -0.752. The number of esters is 1. The smallest absolute Gasteiger partial charge is 0.318 e. The highest BCUT2D eigenvalue weighted by molar-refractivity contribution is 5.88. The van der Waals surface area contributed by atoms with E-state index in [9.17, 15) is 9.59 Å². The summed E-state index contributed by atoms with van der Waals surface area (Å²) in [6.07, 6.45) is 5.14. The van der Waals surface area contributed by atoms with Gasteiger partial charge in [-0.2, -0.15) is 0 Å². The average molecular weight is 342 g/mol. The number of rotatable bonds is 3. The second-order valence-electron chi connectivity index (χ2n) is 7.77. The van der Waals surface area contributed by atoms with Crippen molar-refractivity contribution in [2.24, 2.45) is 0 Å². The molecule has 3 fully saturated rings. The molecule has 3 heterocycles. The van der Waals surface area contributed by atoms with Crippen molar-refractivity contribution in [3.8, 4) is 0 Å². The van der Waals surface area contributed by atoms with Gasteiger partial charge in [0, 0.05) is 25.0 Å². The van der Waals surface area contributed by atoms with Crippen LogP contribution in [0.5, 0.6) is 0 Å². The number of nitrogens with zero attached hydrogens (tertiary/aromatic N) is 1. The molecule has 5 heteroatoms. The first-order valence-corrected chi connectivity index (χ1v) is 9.34. The number of hydrogen-bond donors (Lipinski definition) is 1. The van der Waals surface area contributed by atoms with E-state index in [0.717, 1.165) is 18.4 Å². The molecule has 2 bridgehead atoms. The Bertz CT molecular complexity index is 636. The van der Waals surface area contributed by atoms with E-state index in [1.54, 1.807) is 0 Å². The molecule has 3 saturated heterocycles. The normalized spacial score (nSPS) is 35.2. The van der Waals surface area contributed by atoms with Crippen LogP contribution in [0.25, 0.3) is 0 Å². The third kappa shape index (κ3) is 2.95. The number of ether oxygens (including phenoxy) is 1. The number of carbonyl (C=O) groups excluding carboxylic acids is 2. The van der Waals surface area contributed by atoms with Crippen molar-refractivity contribution in [3.05, 3.63) is 35.9 Å². The predicted octanol–water partition coefficient (Wildman–Crippen LogP) is 2.00. The molecule has 134 valence electrons. The highest BCUT2D eigenvalue weighted by atomic mass is 16.5. The van der Waals surface area contributed by atoms with E-state index < -0.39 is 5.41 Å². The van der Waals surface area contributed by atoms with Crippen LogP contribution in [-0.4, -0.2) is 48.6 Å². The van der Waals surface area contributed by atoms with E-state index in [0.29, 0.717) is 31.5 Å². The number of piperidine rings is 2. The van der Waals surface area contributed by atoms with Crippen LogP contribution in [0.15, 0.2) is 30.3 Å². The number of benzene rings is 1. The van der Waals surface area contributed by atoms with Gasteiger partial charge in [0.05, 0.1) is 0 Å². The second kappa shape index (κ2) is 6.45. The SMILES string of the molecule is CN1C2CCC1CC(OC(=O)C1(c3ccccc3)CCC(=O)NC1)C2. The maximum Gasteiger partial charge on any atom is 0.318 e. The number of amides is 1. The molecule has 0 aliphatic carbocycles. The van der Waals surface area contributed by atoms with Crippen molar-refractivity contribution in [3.63, 3.8) is 0 Å². The third-order valence-electron chi connectivity index (χ3n) is 6.41. The monoisotopic (exact) mass is 342 g/mol. The van der Waals surface area contributed by atoms with Gasteiger partial charge in [0.15, 0.2) is 0 Å². The maximum atomic E-state index is 13.2. The zero-order chi connectivity index (χ0) is 17.4. The Morgan fingerprint density at radius 2 is 1.88 bits per heavy atom. The molecule has 0 radical (unpaired) electrons. The summed E-state index contributed by atoms with van der Waals surface area (Å²) in [7, 11) is 2.18. The largest absolute Gasteiger partial charge is 0.462 e. The van der Waals surface area contributed by atoms with Crippen molar-refractivity contribution < 1.29 is 14.3 Å². The molecule has 5 nitrogen and oxygen atoms in total. The summed E-state index contributed by atoms with van der Waals surface area (Å²) in [5, 5.41) is 2.88. The van der Waals surface area contributed by atoms with Gasteiger partial charge in [0.25, 0.3) is 0 Å². The summed E-state index contributed by atoms with van der Waals surface area (Å²) < 4.78 is 6.04. The van der Waals surface area contributed by atoms with Crippen LogP contribution in [0.1, 0.15) is 44.1 Å². The first-order valence-electron chi connectivity index (χ1n) is 9.34. The predicted molar refractivity (Wildman–Crippen MR) is 94.1 cm³/mol. The zero-order valence-corrected chi connectivity index (χ0v) is 14.7. The standard InChI is InChI=1S/C20H26N2O3/c1-22-15-7-8-16(22)12-17(11-15)25-19(24)20(10-9-18(23)21-13-20)14-5-3-2-4-6-14/h2-6,15-17H,7-13H2,1H3,(H,21,23). The molecule has 1 aromatic carbocycles. The molecule has 3 aliphatic heterocycles. The van der Waals surface area contributed by atoms with Gasteiger partial charge in [-0.3, -0.25) is 9.59 Å². The van der Waals surface area contributed by atoms with Gasteiger partial charge in [-0.1, -0.05) is 30.3 Å². The second-order valence-corrected chi connectivity index (χ2v) is 7.77. The fourth-order valence-electron chi connectivity index (χ4n) is 4.77. The summed E-state index contributed by atoms with van der Waals surface area (Å²) in [4.78, 5) is 27.3. The molecular weight excluding hydrogens is 316 g/mol. The van der Waals surface area contributed by atoms with Crippen molar-refractivity contribution in [1.82, 2.24) is 10.2 Å². The van der Waals surface area contributed by atoms with Crippen molar-refractivity contribution >= 4 is 11.9 Å². The lowest BCUT2D eigenvalue weighted by Crippen LogP contribution is -2.53. The number of nitrogens with one attached hydrogen (secondary N) is 1. The van der Waals surface area contributed by atoms with E-state index in [1.165, 1.54) is 12.8 Å². The Morgan fingerprint density at radius 1 is 1.20 bits per heavy atom. The van der Waals surface area contributed by atoms with Crippen LogP contribution in [0.3, 0.4) is 0 Å². The molecule has 1 amide bonds. The first-order chi connectivity index (χ1) is 12.1. The van der Waals surface area contributed by atoms with Crippen LogP contribution in [0.4, 0.5) is 0 Å². The number of carbonyl (C=O) groups is 2. The van der Waals surface area contributed by atoms with Gasteiger partial charge in [-0.05, 0) is 44.7 Å². The molecule has 0 aromatic heterocycles. The molecule has 0 spiro atoms. The Balaban J connectivity index is 1.54. The zero-order valence-electron chi connectivity index (χ0n) is 14.7. The van der Waals surface area contributed by atoms with Crippen molar-refractivity contribution in [2.45, 2.75) is 62.1 Å². The summed E-state index contributed by atoms with van der Waals surface area (Å²) in [5.41, 5.74) is 0.188. The Kier molecular flexibility index (Phi) is 4.28. The Hall–Kier alpha value is -1.88. The molecule has 0 saturated carbocycles. The summed E-state index contributed by atoms with van der Waals surface area (Å²) in [5.74, 6) is -0.163. The summed E-state index contributed by atoms with van der Waals surface area (Å²) in [6, 6.07) is 10.8. The fourth-order valence-corrected chi connectivity index (χ4v) is 4.77. The van der Waals surface area contributed by atoms with Gasteiger partial charge in [-0.25, -0.2) is 0 Å². The van der Waals surface area contributed by atoms with E-state index in [4.69, 9.17) is 4.74 Å². The molecular formula is C20H26N2O3. The lowest BCUT2D eigenvalue weighted by Gasteiger charge is -2.40. The third-order valence-corrected chi connectivity index (χ3v) is 6.41. The Labute approximate surface area is 148 Å². The van der Waals surface area contributed by atoms with Crippen molar-refractivity contribution in [2.75, 3.05) is 13.6 Å². The van der Waals surface area contributed by atoms with Crippen LogP contribution < -0.4 is 5.32 Å². The van der Waals surface area contributed by atoms with Gasteiger partial charge in [0.2, 0.25) is 5.91 Å². The average Bonchev–Trinajstić information content (AvgIpc) is 2.84. The van der Waals surface area contributed by atoms with Crippen molar-refractivity contribution in [1.29, 1.82) is 0 Å². The van der Waals surface area contributed by atoms with E-state index >= 15 is 0 Å². The topological polar surface area (TPSA) is 58.6 Å². The van der Waals surface area contributed by atoms with Crippen LogP contribution in [-0.2, 0) is 19.7 Å². The minimum absolute atomic E-state index is 0.000541. The first kappa shape index (κ1) is 16.6. The van der Waals surface area contributed by atoms with Crippen LogP contribution in [0.2, 0.25) is 0 Å². The molecule has 3 atom stereocenters. The van der Waals surface area contributed by atoms with E-state index in [-0.39, 0.29) is 18.0 Å². The fraction of sp³-hybridized carbons (Fsp3) is 0.600. The minimum Gasteiger partial charge on any atom is -0.462 e. The van der Waals surface area contributed by atoms with Crippen LogP contribution in [0, 0.1) is 0 Å². The number of hydrogen-bond acceptors (Lipinski definition) is 4. The highest BCUT2D eigenvalue weighted by Gasteiger charge is 2.47. The summed E-state index contributed by atoms with van der Waals surface area (Å²) >= 11 is 0. The Morgan fingerprint density at radius 3 is 2.48 bits per heavy atom. The van der Waals surface area contributed by atoms with Gasteiger partial charge in [0.1, 0.15) is 11.5 Å². The molecule has 3 aliphatic rings. The highest BCUT2D eigenvalue weighted by Crippen LogP contribution is 2.38. The quantitative estimate of drug-likeness (QED) is 0.854. The number of fused-ring (bicyclic) bond motifs is 2. The van der Waals surface area contributed by atoms with Gasteiger partial charge in [-0.15, -0.1) is 0 Å². The molecule has 25 heavy (non-hydrogen) atoms. The lowest BCUT2D eigenvalue weighted by atomic mass is 9.74. The summed E-state index contributed by atoms with van der Waals surface area (Å²) in [6.45, 7) is 0.328. The lowest BCUT2D eigenvalue weighted by molar-refractivity contribution is -0.161. The van der Waals surface area contributed by atoms with E-state index in [1.807, 2.05) is 30.3 Å². The molecule has 1 aromatic rings. The molecule has 4 rings (SSSR count).